The first kappa shape index (κ1) is 14.5. The normalized spacial score (nSPS) is 11.6. The lowest BCUT2D eigenvalue weighted by Gasteiger charge is -2.19. The number of carbonyl (C=O) groups excluding carboxylic acids is 1. The van der Waals surface area contributed by atoms with Gasteiger partial charge in [-0.3, -0.25) is 9.59 Å². The maximum Gasteiger partial charge on any atom is 0.323 e. The molecule has 5 nitrogen and oxygen atoms in total. The third-order valence-electron chi connectivity index (χ3n) is 2.06. The highest BCUT2D eigenvalue weighted by Crippen LogP contribution is 2.02. The van der Waals surface area contributed by atoms with Crippen molar-refractivity contribution in [3.63, 3.8) is 0 Å². The summed E-state index contributed by atoms with van der Waals surface area (Å²) in [5.41, 5.74) is 5.70. The minimum Gasteiger partial charge on any atom is -0.480 e. The van der Waals surface area contributed by atoms with Crippen molar-refractivity contribution < 1.29 is 14.7 Å². The molecule has 0 bridgehead atoms. The van der Waals surface area contributed by atoms with Crippen LogP contribution in [0.25, 0.3) is 0 Å². The molecule has 1 amide bonds. The summed E-state index contributed by atoms with van der Waals surface area (Å²) in [5.74, 6) is 0.880. The van der Waals surface area contributed by atoms with Gasteiger partial charge in [-0.2, -0.15) is 0 Å². The van der Waals surface area contributed by atoms with Gasteiger partial charge in [0.05, 0.1) is 6.54 Å². The van der Waals surface area contributed by atoms with Gasteiger partial charge in [-0.25, -0.2) is 0 Å². The Morgan fingerprint density at radius 2 is 2.19 bits per heavy atom. The monoisotopic (exact) mass is 226 g/mol. The fourth-order valence-corrected chi connectivity index (χ4v) is 1.33. The summed E-state index contributed by atoms with van der Waals surface area (Å²) in [7, 11) is 0. The van der Waals surface area contributed by atoms with Gasteiger partial charge in [-0.15, -0.1) is 6.42 Å². The highest BCUT2D eigenvalue weighted by molar-refractivity contribution is 5.81. The third kappa shape index (κ3) is 6.04. The average molecular weight is 226 g/mol. The van der Waals surface area contributed by atoms with Crippen LogP contribution in [0.3, 0.4) is 0 Å². The van der Waals surface area contributed by atoms with Crippen LogP contribution in [0.2, 0.25) is 0 Å². The highest BCUT2D eigenvalue weighted by atomic mass is 16.4. The SMILES string of the molecule is C#CCN(CC(=O)O)C(=O)CC(N)CCC. The highest BCUT2D eigenvalue weighted by Gasteiger charge is 2.17. The second kappa shape index (κ2) is 7.71. The van der Waals surface area contributed by atoms with E-state index in [9.17, 15) is 9.59 Å². The van der Waals surface area contributed by atoms with Crippen LogP contribution in [-0.4, -0.2) is 41.0 Å². The fourth-order valence-electron chi connectivity index (χ4n) is 1.33. The Hall–Kier alpha value is -1.54. The van der Waals surface area contributed by atoms with Gasteiger partial charge in [0.2, 0.25) is 5.91 Å². The predicted molar refractivity (Wildman–Crippen MR) is 60.5 cm³/mol. The van der Waals surface area contributed by atoms with Crippen molar-refractivity contribution in [1.82, 2.24) is 4.90 Å². The number of hydrogen-bond acceptors (Lipinski definition) is 3. The zero-order valence-electron chi connectivity index (χ0n) is 9.48. The molecule has 0 heterocycles. The minimum absolute atomic E-state index is 0.00395. The van der Waals surface area contributed by atoms with Gasteiger partial charge < -0.3 is 15.7 Å². The quantitative estimate of drug-likeness (QED) is 0.601. The van der Waals surface area contributed by atoms with Crippen molar-refractivity contribution >= 4 is 11.9 Å². The van der Waals surface area contributed by atoms with Crippen LogP contribution in [0, 0.1) is 12.3 Å². The predicted octanol–water partition coefficient (Wildman–Crippen LogP) is 0.0503. The largest absolute Gasteiger partial charge is 0.480 e. The number of hydrogen-bond donors (Lipinski definition) is 2. The van der Waals surface area contributed by atoms with Gasteiger partial charge in [0.15, 0.2) is 0 Å². The lowest BCUT2D eigenvalue weighted by Crippen LogP contribution is -2.39. The lowest BCUT2D eigenvalue weighted by molar-refractivity contribution is -0.144. The van der Waals surface area contributed by atoms with Crippen molar-refractivity contribution in [2.75, 3.05) is 13.1 Å². The van der Waals surface area contributed by atoms with E-state index >= 15 is 0 Å². The Morgan fingerprint density at radius 3 is 2.62 bits per heavy atom. The van der Waals surface area contributed by atoms with Crippen molar-refractivity contribution in [1.29, 1.82) is 0 Å². The van der Waals surface area contributed by atoms with E-state index in [2.05, 4.69) is 5.92 Å². The van der Waals surface area contributed by atoms with E-state index in [0.717, 1.165) is 17.7 Å². The first-order valence-corrected chi connectivity index (χ1v) is 5.19. The Bertz CT molecular complexity index is 283. The summed E-state index contributed by atoms with van der Waals surface area (Å²) in [6.07, 6.45) is 6.84. The van der Waals surface area contributed by atoms with E-state index in [1.54, 1.807) is 0 Å². The van der Waals surface area contributed by atoms with E-state index < -0.39 is 5.97 Å². The molecule has 1 atom stereocenters. The number of rotatable bonds is 7. The number of amides is 1. The Labute approximate surface area is 95.6 Å². The molecule has 3 N–H and O–H groups in total. The van der Waals surface area contributed by atoms with E-state index in [-0.39, 0.29) is 31.5 Å². The van der Waals surface area contributed by atoms with Crippen molar-refractivity contribution in [2.45, 2.75) is 32.2 Å². The van der Waals surface area contributed by atoms with Gasteiger partial charge in [0, 0.05) is 12.5 Å². The number of carboxylic acids is 1. The summed E-state index contributed by atoms with van der Waals surface area (Å²) in [5, 5.41) is 8.60. The molecule has 0 rings (SSSR count). The molecule has 0 aromatic carbocycles. The maximum atomic E-state index is 11.6. The molecule has 0 aromatic rings. The van der Waals surface area contributed by atoms with Crippen molar-refractivity contribution in [3.8, 4) is 12.3 Å². The number of terminal acetylenes is 1. The summed E-state index contributed by atoms with van der Waals surface area (Å²) in [6.45, 7) is 1.60. The minimum atomic E-state index is -1.08. The van der Waals surface area contributed by atoms with E-state index in [0.29, 0.717) is 0 Å². The molecule has 16 heavy (non-hydrogen) atoms. The molecular formula is C11H18N2O3. The van der Waals surface area contributed by atoms with E-state index in [1.165, 1.54) is 0 Å². The number of nitrogens with two attached hydrogens (primary N) is 1. The second-order valence-electron chi connectivity index (χ2n) is 3.60. The van der Waals surface area contributed by atoms with Gasteiger partial charge in [-0.1, -0.05) is 19.3 Å². The van der Waals surface area contributed by atoms with Crippen LogP contribution in [0.5, 0.6) is 0 Å². The standard InChI is InChI=1S/C11H18N2O3/c1-3-5-9(12)7-10(14)13(6-4-2)8-11(15)16/h2,9H,3,5-8,12H2,1H3,(H,15,16). The Balaban J connectivity index is 4.27. The first-order chi connectivity index (χ1) is 7.51. The zero-order valence-corrected chi connectivity index (χ0v) is 9.48. The molecule has 90 valence electrons. The van der Waals surface area contributed by atoms with Crippen LogP contribution >= 0.6 is 0 Å². The van der Waals surface area contributed by atoms with Gasteiger partial charge in [-0.05, 0) is 6.42 Å². The lowest BCUT2D eigenvalue weighted by atomic mass is 10.1. The molecule has 0 spiro atoms. The van der Waals surface area contributed by atoms with E-state index in [4.69, 9.17) is 17.3 Å². The smallest absolute Gasteiger partial charge is 0.323 e. The maximum absolute atomic E-state index is 11.6. The molecule has 0 aliphatic carbocycles. The van der Waals surface area contributed by atoms with Gasteiger partial charge >= 0.3 is 5.97 Å². The number of nitrogens with zero attached hydrogens (tertiary/aromatic N) is 1. The molecule has 5 heteroatoms. The fraction of sp³-hybridized carbons (Fsp3) is 0.636. The Kier molecular flexibility index (Phi) is 6.97. The van der Waals surface area contributed by atoms with Crippen LogP contribution in [0.1, 0.15) is 26.2 Å². The summed E-state index contributed by atoms with van der Waals surface area (Å²) in [4.78, 5) is 23.3. The molecule has 0 fully saturated rings. The zero-order chi connectivity index (χ0) is 12.6. The third-order valence-corrected chi connectivity index (χ3v) is 2.06. The molecule has 0 saturated heterocycles. The molecule has 0 aromatic heterocycles. The molecule has 1 unspecified atom stereocenters. The van der Waals surface area contributed by atoms with Crippen LogP contribution in [-0.2, 0) is 9.59 Å². The van der Waals surface area contributed by atoms with Crippen LogP contribution in [0.4, 0.5) is 0 Å². The average Bonchev–Trinajstić information content (AvgIpc) is 2.16. The van der Waals surface area contributed by atoms with Gasteiger partial charge in [0.25, 0.3) is 0 Å². The number of carbonyl (C=O) groups is 2. The number of carboxylic acid groups (broad SMARTS) is 1. The first-order valence-electron chi connectivity index (χ1n) is 5.19. The summed E-state index contributed by atoms with van der Waals surface area (Å²) < 4.78 is 0. The van der Waals surface area contributed by atoms with Crippen molar-refractivity contribution in [2.24, 2.45) is 5.73 Å². The molecular weight excluding hydrogens is 208 g/mol. The van der Waals surface area contributed by atoms with Crippen molar-refractivity contribution in [3.05, 3.63) is 0 Å². The summed E-state index contributed by atoms with van der Waals surface area (Å²) >= 11 is 0. The summed E-state index contributed by atoms with van der Waals surface area (Å²) in [6, 6.07) is -0.230. The number of aliphatic carboxylic acids is 1. The molecule has 0 saturated carbocycles. The van der Waals surface area contributed by atoms with Crippen LogP contribution < -0.4 is 5.73 Å². The molecule has 0 radical (unpaired) electrons. The second-order valence-corrected chi connectivity index (χ2v) is 3.60. The van der Waals surface area contributed by atoms with Crippen LogP contribution in [0.15, 0.2) is 0 Å². The van der Waals surface area contributed by atoms with E-state index in [1.807, 2.05) is 6.92 Å². The molecule has 0 aliphatic rings. The topological polar surface area (TPSA) is 83.6 Å². The van der Waals surface area contributed by atoms with Gasteiger partial charge in [0.1, 0.15) is 6.54 Å². The molecule has 0 aliphatic heterocycles. The Morgan fingerprint density at radius 1 is 1.56 bits per heavy atom.